The van der Waals surface area contributed by atoms with Crippen molar-refractivity contribution in [3.8, 4) is 0 Å². The van der Waals surface area contributed by atoms with Crippen LogP contribution in [0.5, 0.6) is 0 Å². The van der Waals surface area contributed by atoms with E-state index >= 15 is 0 Å². The van der Waals surface area contributed by atoms with Crippen LogP contribution >= 0.6 is 11.6 Å². The molecule has 1 aromatic carbocycles. The number of carbonyl (C=O) groups excluding carboxylic acids is 1. The van der Waals surface area contributed by atoms with Crippen LogP contribution in [0.15, 0.2) is 30.5 Å². The molecule has 1 aliphatic rings. The number of rotatable bonds is 2. The second kappa shape index (κ2) is 3.93. The first-order chi connectivity index (χ1) is 8.60. The second-order valence-corrected chi connectivity index (χ2v) is 5.01. The predicted octanol–water partition coefficient (Wildman–Crippen LogP) is 2.32. The molecule has 5 heteroatoms. The first-order valence-electron chi connectivity index (χ1n) is 5.74. The minimum absolute atomic E-state index is 0.144. The third-order valence-corrected chi connectivity index (χ3v) is 3.51. The van der Waals surface area contributed by atoms with Crippen LogP contribution < -0.4 is 11.1 Å². The summed E-state index contributed by atoms with van der Waals surface area (Å²) in [6, 6.07) is 7.18. The van der Waals surface area contributed by atoms with Crippen molar-refractivity contribution >= 4 is 34.1 Å². The molecule has 0 bridgehead atoms. The molecule has 92 valence electrons. The lowest BCUT2D eigenvalue weighted by atomic mass is 10.1. The number of pyridine rings is 1. The lowest BCUT2D eigenvalue weighted by molar-refractivity contribution is -0.118. The number of hydrogen-bond donors (Lipinski definition) is 2. The Kier molecular flexibility index (Phi) is 2.50. The van der Waals surface area contributed by atoms with Gasteiger partial charge in [0, 0.05) is 11.6 Å². The normalized spacial score (nSPS) is 16.6. The summed E-state index contributed by atoms with van der Waals surface area (Å²) >= 11 is 6.07. The molecule has 1 fully saturated rings. The van der Waals surface area contributed by atoms with E-state index in [1.807, 2.05) is 12.1 Å². The van der Waals surface area contributed by atoms with Gasteiger partial charge in [0.2, 0.25) is 5.91 Å². The smallest absolute Gasteiger partial charge is 0.244 e. The number of anilines is 1. The third-order valence-electron chi connectivity index (χ3n) is 3.21. The van der Waals surface area contributed by atoms with Gasteiger partial charge < -0.3 is 11.1 Å². The van der Waals surface area contributed by atoms with Crippen LogP contribution in [0.4, 0.5) is 5.69 Å². The van der Waals surface area contributed by atoms with Crippen molar-refractivity contribution in [2.45, 2.75) is 18.4 Å². The van der Waals surface area contributed by atoms with Crippen LogP contribution in [-0.2, 0) is 4.79 Å². The highest BCUT2D eigenvalue weighted by Crippen LogP contribution is 2.35. The summed E-state index contributed by atoms with van der Waals surface area (Å²) in [4.78, 5) is 16.1. The molecule has 1 amide bonds. The van der Waals surface area contributed by atoms with Crippen molar-refractivity contribution in [2.24, 2.45) is 5.73 Å². The van der Waals surface area contributed by atoms with Gasteiger partial charge in [0.1, 0.15) is 0 Å². The van der Waals surface area contributed by atoms with Crippen LogP contribution in [0, 0.1) is 0 Å². The molecule has 2 aromatic rings. The van der Waals surface area contributed by atoms with E-state index in [4.69, 9.17) is 17.3 Å². The second-order valence-electron chi connectivity index (χ2n) is 4.60. The van der Waals surface area contributed by atoms with Gasteiger partial charge in [-0.2, -0.15) is 0 Å². The maximum atomic E-state index is 11.9. The Morgan fingerprint density at radius 3 is 2.89 bits per heavy atom. The van der Waals surface area contributed by atoms with Gasteiger partial charge in [-0.05, 0) is 37.1 Å². The average Bonchev–Trinajstić information content (AvgIpc) is 3.13. The van der Waals surface area contributed by atoms with Gasteiger partial charge in [-0.1, -0.05) is 11.6 Å². The molecule has 3 N–H and O–H groups in total. The zero-order chi connectivity index (χ0) is 12.8. The van der Waals surface area contributed by atoms with Gasteiger partial charge in [0.25, 0.3) is 0 Å². The number of amides is 1. The van der Waals surface area contributed by atoms with E-state index in [0.717, 1.165) is 18.2 Å². The van der Waals surface area contributed by atoms with Gasteiger partial charge in [-0.25, -0.2) is 0 Å². The van der Waals surface area contributed by atoms with E-state index in [1.54, 1.807) is 18.3 Å². The summed E-state index contributed by atoms with van der Waals surface area (Å²) in [5, 5.41) is 4.24. The summed E-state index contributed by atoms with van der Waals surface area (Å²) in [5.74, 6) is -0.144. The van der Waals surface area contributed by atoms with Crippen molar-refractivity contribution in [3.05, 3.63) is 35.5 Å². The number of halogens is 1. The minimum atomic E-state index is -0.686. The lowest BCUT2D eigenvalue weighted by Gasteiger charge is -2.12. The number of nitrogens with two attached hydrogens (primary N) is 1. The maximum absolute atomic E-state index is 11.9. The Bertz CT molecular complexity index is 637. The van der Waals surface area contributed by atoms with Gasteiger partial charge in [-0.3, -0.25) is 9.78 Å². The van der Waals surface area contributed by atoms with Crippen molar-refractivity contribution in [2.75, 3.05) is 5.32 Å². The average molecular weight is 262 g/mol. The van der Waals surface area contributed by atoms with E-state index in [2.05, 4.69) is 10.3 Å². The first-order valence-corrected chi connectivity index (χ1v) is 6.11. The standard InChI is InChI=1S/C13H12ClN3O/c14-9-3-4-10(8-2-1-7-16-11(8)9)17-12(18)13(15)5-6-13/h1-4,7H,5-6,15H2,(H,17,18). The summed E-state index contributed by atoms with van der Waals surface area (Å²) in [7, 11) is 0. The Hall–Kier alpha value is -1.65. The Morgan fingerprint density at radius 1 is 1.39 bits per heavy atom. The summed E-state index contributed by atoms with van der Waals surface area (Å²) in [6.07, 6.45) is 3.15. The monoisotopic (exact) mass is 261 g/mol. The van der Waals surface area contributed by atoms with E-state index < -0.39 is 5.54 Å². The van der Waals surface area contributed by atoms with Crippen molar-refractivity contribution < 1.29 is 4.79 Å². The quantitative estimate of drug-likeness (QED) is 0.872. The fourth-order valence-electron chi connectivity index (χ4n) is 1.86. The first kappa shape index (κ1) is 11.4. The summed E-state index contributed by atoms with van der Waals surface area (Å²) in [5.41, 5.74) is 6.55. The number of hydrogen-bond acceptors (Lipinski definition) is 3. The molecule has 18 heavy (non-hydrogen) atoms. The molecule has 0 spiro atoms. The van der Waals surface area contributed by atoms with E-state index in [1.165, 1.54) is 0 Å². The highest BCUT2D eigenvalue weighted by Gasteiger charge is 2.46. The van der Waals surface area contributed by atoms with Crippen LogP contribution in [0.1, 0.15) is 12.8 Å². The zero-order valence-electron chi connectivity index (χ0n) is 9.61. The van der Waals surface area contributed by atoms with Crippen LogP contribution in [0.25, 0.3) is 10.9 Å². The molecular weight excluding hydrogens is 250 g/mol. The Morgan fingerprint density at radius 2 is 2.17 bits per heavy atom. The molecule has 0 atom stereocenters. The molecule has 1 heterocycles. The molecule has 0 saturated heterocycles. The number of nitrogens with zero attached hydrogens (tertiary/aromatic N) is 1. The maximum Gasteiger partial charge on any atom is 0.244 e. The number of carbonyl (C=O) groups is 1. The van der Waals surface area contributed by atoms with E-state index in [0.29, 0.717) is 16.2 Å². The highest BCUT2D eigenvalue weighted by molar-refractivity contribution is 6.35. The van der Waals surface area contributed by atoms with Crippen LogP contribution in [-0.4, -0.2) is 16.4 Å². The number of nitrogens with one attached hydrogen (secondary N) is 1. The minimum Gasteiger partial charge on any atom is -0.324 e. The Labute approximate surface area is 109 Å². The summed E-state index contributed by atoms with van der Waals surface area (Å²) < 4.78 is 0. The predicted molar refractivity (Wildman–Crippen MR) is 71.5 cm³/mol. The molecule has 4 nitrogen and oxygen atoms in total. The van der Waals surface area contributed by atoms with Gasteiger partial charge in [0.05, 0.1) is 21.8 Å². The summed E-state index contributed by atoms with van der Waals surface area (Å²) in [6.45, 7) is 0. The third kappa shape index (κ3) is 1.83. The topological polar surface area (TPSA) is 68.0 Å². The highest BCUT2D eigenvalue weighted by atomic mass is 35.5. The number of fused-ring (bicyclic) bond motifs is 1. The lowest BCUT2D eigenvalue weighted by Crippen LogP contribution is -2.37. The van der Waals surface area contributed by atoms with Crippen molar-refractivity contribution in [1.82, 2.24) is 4.98 Å². The van der Waals surface area contributed by atoms with Crippen molar-refractivity contribution in [3.63, 3.8) is 0 Å². The van der Waals surface area contributed by atoms with Crippen molar-refractivity contribution in [1.29, 1.82) is 0 Å². The van der Waals surface area contributed by atoms with Gasteiger partial charge >= 0.3 is 0 Å². The SMILES string of the molecule is NC1(C(=O)Nc2ccc(Cl)c3ncccc23)CC1. The van der Waals surface area contributed by atoms with Crippen LogP contribution in [0.2, 0.25) is 5.02 Å². The number of benzene rings is 1. The molecule has 0 radical (unpaired) electrons. The molecule has 0 unspecified atom stereocenters. The van der Waals surface area contributed by atoms with Gasteiger partial charge in [0.15, 0.2) is 0 Å². The molecule has 1 aromatic heterocycles. The zero-order valence-corrected chi connectivity index (χ0v) is 10.4. The molecule has 1 saturated carbocycles. The largest absolute Gasteiger partial charge is 0.324 e. The Balaban J connectivity index is 2.02. The van der Waals surface area contributed by atoms with E-state index in [-0.39, 0.29) is 5.91 Å². The number of aromatic nitrogens is 1. The fraction of sp³-hybridized carbons (Fsp3) is 0.231. The fourth-order valence-corrected chi connectivity index (χ4v) is 2.07. The van der Waals surface area contributed by atoms with Gasteiger partial charge in [-0.15, -0.1) is 0 Å². The molecular formula is C13H12ClN3O. The molecule has 3 rings (SSSR count). The molecule has 0 aliphatic heterocycles. The van der Waals surface area contributed by atoms with Crippen LogP contribution in [0.3, 0.4) is 0 Å². The molecule has 1 aliphatic carbocycles. The van der Waals surface area contributed by atoms with E-state index in [9.17, 15) is 4.79 Å².